The Balaban J connectivity index is 2.18. The smallest absolute Gasteiger partial charge is 0.341 e. The molecule has 1 aromatic carbocycles. The molecule has 110 valence electrons. The summed E-state index contributed by atoms with van der Waals surface area (Å²) in [5, 5.41) is 0. The van der Waals surface area contributed by atoms with E-state index in [9.17, 15) is 4.79 Å². The first-order chi connectivity index (χ1) is 9.72. The number of hydrogen-bond acceptors (Lipinski definition) is 4. The average Bonchev–Trinajstić information content (AvgIpc) is 2.70. The van der Waals surface area contributed by atoms with Crippen LogP contribution in [0.5, 0.6) is 5.75 Å². The second-order valence-electron chi connectivity index (χ2n) is 5.18. The zero-order chi connectivity index (χ0) is 14.4. The number of hydrogen-bond donors (Lipinski definition) is 1. The second-order valence-corrected chi connectivity index (χ2v) is 5.18. The molecule has 4 heteroatoms. The molecule has 0 aliphatic heterocycles. The molecule has 1 aliphatic rings. The molecule has 0 heterocycles. The van der Waals surface area contributed by atoms with Crippen LogP contribution in [0.15, 0.2) is 18.2 Å². The van der Waals surface area contributed by atoms with Crippen LogP contribution in [-0.4, -0.2) is 18.7 Å². The van der Waals surface area contributed by atoms with Gasteiger partial charge in [0.15, 0.2) is 5.75 Å². The van der Waals surface area contributed by atoms with Gasteiger partial charge in [-0.15, -0.1) is 0 Å². The molecule has 1 aliphatic carbocycles. The van der Waals surface area contributed by atoms with Crippen LogP contribution >= 0.6 is 0 Å². The van der Waals surface area contributed by atoms with Crippen molar-refractivity contribution in [3.63, 3.8) is 0 Å². The van der Waals surface area contributed by atoms with Crippen LogP contribution < -0.4 is 10.5 Å². The Hall–Kier alpha value is -1.71. The minimum atomic E-state index is -0.372. The Morgan fingerprint density at radius 1 is 1.25 bits per heavy atom. The number of para-hydroxylation sites is 1. The van der Waals surface area contributed by atoms with Crippen LogP contribution in [0.3, 0.4) is 0 Å². The van der Waals surface area contributed by atoms with E-state index in [1.54, 1.807) is 25.1 Å². The van der Waals surface area contributed by atoms with Crippen molar-refractivity contribution >= 4 is 11.7 Å². The Labute approximate surface area is 120 Å². The summed E-state index contributed by atoms with van der Waals surface area (Å²) in [6.45, 7) is 2.13. The first-order valence-electron chi connectivity index (χ1n) is 7.44. The number of benzene rings is 1. The summed E-state index contributed by atoms with van der Waals surface area (Å²) in [6.07, 6.45) is 7.06. The molecule has 0 atom stereocenters. The SMILES string of the molecule is CCOC(=O)c1cccc(N)c1OC1CCCCCC1. The van der Waals surface area contributed by atoms with Gasteiger partial charge in [-0.3, -0.25) is 0 Å². The quantitative estimate of drug-likeness (QED) is 0.519. The van der Waals surface area contributed by atoms with Crippen LogP contribution in [0.2, 0.25) is 0 Å². The summed E-state index contributed by atoms with van der Waals surface area (Å²) < 4.78 is 11.1. The highest BCUT2D eigenvalue weighted by Gasteiger charge is 2.20. The summed E-state index contributed by atoms with van der Waals surface area (Å²) in [7, 11) is 0. The summed E-state index contributed by atoms with van der Waals surface area (Å²) in [6, 6.07) is 5.22. The van der Waals surface area contributed by atoms with Gasteiger partial charge in [0.05, 0.1) is 18.4 Å². The summed E-state index contributed by atoms with van der Waals surface area (Å²) >= 11 is 0. The van der Waals surface area contributed by atoms with Gasteiger partial charge in [0.2, 0.25) is 0 Å². The molecule has 0 amide bonds. The van der Waals surface area contributed by atoms with E-state index in [0.29, 0.717) is 23.6 Å². The molecule has 1 saturated carbocycles. The van der Waals surface area contributed by atoms with Gasteiger partial charge in [-0.25, -0.2) is 4.79 Å². The second kappa shape index (κ2) is 7.17. The fraction of sp³-hybridized carbons (Fsp3) is 0.562. The summed E-state index contributed by atoms with van der Waals surface area (Å²) in [5.74, 6) is 0.112. The molecule has 20 heavy (non-hydrogen) atoms. The standard InChI is InChI=1S/C16H23NO3/c1-2-19-16(18)13-10-7-11-14(17)15(13)20-12-8-5-3-4-6-9-12/h7,10-12H,2-6,8-9,17H2,1H3. The maximum Gasteiger partial charge on any atom is 0.341 e. The maximum atomic E-state index is 12.0. The Morgan fingerprint density at radius 2 is 1.95 bits per heavy atom. The minimum Gasteiger partial charge on any atom is -0.487 e. The number of rotatable bonds is 4. The van der Waals surface area contributed by atoms with Crippen LogP contribution in [-0.2, 0) is 4.74 Å². The molecule has 2 N–H and O–H groups in total. The van der Waals surface area contributed by atoms with Crippen LogP contribution in [0.1, 0.15) is 55.8 Å². The van der Waals surface area contributed by atoms with Crippen molar-refractivity contribution in [3.8, 4) is 5.75 Å². The lowest BCUT2D eigenvalue weighted by Gasteiger charge is -2.20. The fourth-order valence-corrected chi connectivity index (χ4v) is 2.58. The van der Waals surface area contributed by atoms with E-state index >= 15 is 0 Å². The molecular formula is C16H23NO3. The molecule has 0 spiro atoms. The first kappa shape index (κ1) is 14.7. The molecule has 0 saturated heterocycles. The van der Waals surface area contributed by atoms with E-state index < -0.39 is 0 Å². The molecule has 4 nitrogen and oxygen atoms in total. The third kappa shape index (κ3) is 3.65. The van der Waals surface area contributed by atoms with E-state index in [4.69, 9.17) is 15.2 Å². The number of anilines is 1. The average molecular weight is 277 g/mol. The van der Waals surface area contributed by atoms with Gasteiger partial charge in [0.1, 0.15) is 5.56 Å². The number of nitrogens with two attached hydrogens (primary N) is 1. The van der Waals surface area contributed by atoms with Crippen molar-refractivity contribution < 1.29 is 14.3 Å². The van der Waals surface area contributed by atoms with Crippen LogP contribution in [0, 0.1) is 0 Å². The van der Waals surface area contributed by atoms with E-state index in [1.807, 2.05) is 0 Å². The number of ether oxygens (including phenoxy) is 2. The highest BCUT2D eigenvalue weighted by Crippen LogP contribution is 2.31. The van der Waals surface area contributed by atoms with E-state index in [0.717, 1.165) is 12.8 Å². The predicted octanol–water partition coefficient (Wildman–Crippen LogP) is 3.55. The van der Waals surface area contributed by atoms with Crippen molar-refractivity contribution in [2.75, 3.05) is 12.3 Å². The topological polar surface area (TPSA) is 61.5 Å². The van der Waals surface area contributed by atoms with Crippen molar-refractivity contribution in [2.24, 2.45) is 0 Å². The number of carbonyl (C=O) groups excluding carboxylic acids is 1. The van der Waals surface area contributed by atoms with Crippen molar-refractivity contribution in [3.05, 3.63) is 23.8 Å². The van der Waals surface area contributed by atoms with E-state index in [2.05, 4.69) is 0 Å². The van der Waals surface area contributed by atoms with E-state index in [1.165, 1.54) is 25.7 Å². The fourth-order valence-electron chi connectivity index (χ4n) is 2.58. The lowest BCUT2D eigenvalue weighted by Crippen LogP contribution is -2.18. The van der Waals surface area contributed by atoms with Crippen molar-refractivity contribution in [1.82, 2.24) is 0 Å². The predicted molar refractivity (Wildman–Crippen MR) is 78.9 cm³/mol. The molecular weight excluding hydrogens is 254 g/mol. The van der Waals surface area contributed by atoms with E-state index in [-0.39, 0.29) is 12.1 Å². The molecule has 0 bridgehead atoms. The molecule has 0 unspecified atom stereocenters. The van der Waals surface area contributed by atoms with Crippen LogP contribution in [0.25, 0.3) is 0 Å². The van der Waals surface area contributed by atoms with Crippen LogP contribution in [0.4, 0.5) is 5.69 Å². The summed E-state index contributed by atoms with van der Waals surface area (Å²) in [5.41, 5.74) is 6.91. The molecule has 1 aromatic rings. The maximum absolute atomic E-state index is 12.0. The highest BCUT2D eigenvalue weighted by molar-refractivity contribution is 5.94. The lowest BCUT2D eigenvalue weighted by atomic mass is 10.1. The monoisotopic (exact) mass is 277 g/mol. The molecule has 0 aromatic heterocycles. The van der Waals surface area contributed by atoms with Crippen molar-refractivity contribution in [1.29, 1.82) is 0 Å². The largest absolute Gasteiger partial charge is 0.487 e. The summed E-state index contributed by atoms with van der Waals surface area (Å²) in [4.78, 5) is 12.0. The zero-order valence-electron chi connectivity index (χ0n) is 12.1. The molecule has 1 fully saturated rings. The van der Waals surface area contributed by atoms with Gasteiger partial charge in [-0.2, -0.15) is 0 Å². The Morgan fingerprint density at radius 3 is 2.60 bits per heavy atom. The number of nitrogen functional groups attached to an aromatic ring is 1. The third-order valence-electron chi connectivity index (χ3n) is 3.63. The minimum absolute atomic E-state index is 0.148. The molecule has 2 rings (SSSR count). The third-order valence-corrected chi connectivity index (χ3v) is 3.63. The highest BCUT2D eigenvalue weighted by atomic mass is 16.5. The molecule has 0 radical (unpaired) electrons. The van der Waals surface area contributed by atoms with Gasteiger partial charge >= 0.3 is 5.97 Å². The van der Waals surface area contributed by atoms with Gasteiger partial charge in [0, 0.05) is 0 Å². The Bertz CT molecular complexity index is 451. The Kier molecular flexibility index (Phi) is 5.27. The lowest BCUT2D eigenvalue weighted by molar-refractivity contribution is 0.0518. The normalized spacial score (nSPS) is 16.4. The zero-order valence-corrected chi connectivity index (χ0v) is 12.1. The van der Waals surface area contributed by atoms with Gasteiger partial charge in [0.25, 0.3) is 0 Å². The van der Waals surface area contributed by atoms with Gasteiger partial charge < -0.3 is 15.2 Å². The van der Waals surface area contributed by atoms with Crippen molar-refractivity contribution in [2.45, 2.75) is 51.6 Å². The number of esters is 1. The van der Waals surface area contributed by atoms with Gasteiger partial charge in [-0.1, -0.05) is 18.9 Å². The first-order valence-corrected chi connectivity index (χ1v) is 7.44. The number of carbonyl (C=O) groups is 1. The van der Waals surface area contributed by atoms with Gasteiger partial charge in [-0.05, 0) is 44.7 Å².